The summed E-state index contributed by atoms with van der Waals surface area (Å²) in [4.78, 5) is 25.5. The highest BCUT2D eigenvalue weighted by molar-refractivity contribution is 6.31. The highest BCUT2D eigenvalue weighted by Gasteiger charge is 2.20. The maximum atomic E-state index is 12.0. The second-order valence-electron chi connectivity index (χ2n) is 4.27. The zero-order valence-corrected chi connectivity index (χ0v) is 12.5. The average molecular weight is 326 g/mol. The number of aromatic nitrogens is 3. The largest absolute Gasteiger partial charge is 0.495 e. The van der Waals surface area contributed by atoms with Crippen molar-refractivity contribution in [2.24, 2.45) is 0 Å². The standard InChI is InChI=1S/C12H12ClN5O4/c1-7-14-12(18(20)21)16-17(7)6-11(19)15-9-5-8(13)3-4-10(9)22-2/h3-5H,6H2,1-2H3,(H,15,19). The summed E-state index contributed by atoms with van der Waals surface area (Å²) in [6.45, 7) is 1.30. The summed E-state index contributed by atoms with van der Waals surface area (Å²) in [5.74, 6) is -0.284. The van der Waals surface area contributed by atoms with Crippen LogP contribution in [0, 0.1) is 17.0 Å². The molecule has 0 bridgehead atoms. The molecule has 2 aromatic rings. The predicted octanol–water partition coefficient (Wildman–Crippen LogP) is 1.80. The summed E-state index contributed by atoms with van der Waals surface area (Å²) < 4.78 is 6.26. The summed E-state index contributed by atoms with van der Waals surface area (Å²) >= 11 is 5.87. The molecule has 0 radical (unpaired) electrons. The van der Waals surface area contributed by atoms with Gasteiger partial charge in [-0.15, -0.1) is 0 Å². The van der Waals surface area contributed by atoms with Crippen LogP contribution in [-0.4, -0.2) is 32.7 Å². The fraction of sp³-hybridized carbons (Fsp3) is 0.250. The van der Waals surface area contributed by atoms with Crippen LogP contribution in [0.5, 0.6) is 5.75 Å². The number of rotatable bonds is 5. The number of halogens is 1. The number of benzene rings is 1. The van der Waals surface area contributed by atoms with Gasteiger partial charge in [0.2, 0.25) is 11.7 Å². The van der Waals surface area contributed by atoms with E-state index in [0.717, 1.165) is 4.68 Å². The highest BCUT2D eigenvalue weighted by Crippen LogP contribution is 2.27. The van der Waals surface area contributed by atoms with Crippen molar-refractivity contribution in [1.82, 2.24) is 14.8 Å². The molecule has 1 amide bonds. The molecule has 1 aromatic heterocycles. The van der Waals surface area contributed by atoms with Crippen molar-refractivity contribution in [2.45, 2.75) is 13.5 Å². The molecule has 0 spiro atoms. The van der Waals surface area contributed by atoms with Gasteiger partial charge in [-0.3, -0.25) is 4.79 Å². The third-order valence-corrected chi connectivity index (χ3v) is 2.97. The van der Waals surface area contributed by atoms with Crippen molar-refractivity contribution < 1.29 is 14.5 Å². The maximum Gasteiger partial charge on any atom is 0.491 e. The molecule has 0 aliphatic heterocycles. The van der Waals surface area contributed by atoms with Crippen LogP contribution in [-0.2, 0) is 11.3 Å². The van der Waals surface area contributed by atoms with Crippen LogP contribution in [0.25, 0.3) is 0 Å². The highest BCUT2D eigenvalue weighted by atomic mass is 35.5. The van der Waals surface area contributed by atoms with E-state index in [1.807, 2.05) is 0 Å². The Morgan fingerprint density at radius 3 is 2.86 bits per heavy atom. The fourth-order valence-corrected chi connectivity index (χ4v) is 1.91. The van der Waals surface area contributed by atoms with Crippen molar-refractivity contribution in [3.8, 4) is 5.75 Å². The van der Waals surface area contributed by atoms with Crippen molar-refractivity contribution in [1.29, 1.82) is 0 Å². The van der Waals surface area contributed by atoms with Gasteiger partial charge in [-0.2, -0.15) is 4.68 Å². The van der Waals surface area contributed by atoms with E-state index >= 15 is 0 Å². The molecule has 0 atom stereocenters. The number of aryl methyl sites for hydroxylation is 1. The molecular weight excluding hydrogens is 314 g/mol. The molecule has 0 saturated carbocycles. The number of carbonyl (C=O) groups is 1. The Morgan fingerprint density at radius 1 is 1.55 bits per heavy atom. The third kappa shape index (κ3) is 3.50. The number of nitrogens with zero attached hydrogens (tertiary/aromatic N) is 4. The van der Waals surface area contributed by atoms with Crippen molar-refractivity contribution >= 4 is 29.1 Å². The first-order valence-corrected chi connectivity index (χ1v) is 6.47. The Morgan fingerprint density at radius 2 is 2.27 bits per heavy atom. The van der Waals surface area contributed by atoms with E-state index in [1.54, 1.807) is 12.1 Å². The number of ether oxygens (including phenoxy) is 1. The molecule has 9 nitrogen and oxygen atoms in total. The minimum absolute atomic E-state index is 0.220. The third-order valence-electron chi connectivity index (χ3n) is 2.74. The first-order valence-electron chi connectivity index (χ1n) is 6.10. The normalized spacial score (nSPS) is 10.3. The number of carbonyl (C=O) groups excluding carboxylic acids is 1. The second-order valence-corrected chi connectivity index (χ2v) is 4.70. The van der Waals surface area contributed by atoms with Crippen LogP contribution in [0.1, 0.15) is 5.82 Å². The van der Waals surface area contributed by atoms with Gasteiger partial charge in [-0.05, 0) is 28.1 Å². The molecular formula is C12H12ClN5O4. The first kappa shape index (κ1) is 15.7. The molecule has 1 heterocycles. The Balaban J connectivity index is 2.14. The van der Waals surface area contributed by atoms with Crippen LogP contribution in [0.4, 0.5) is 11.6 Å². The molecule has 22 heavy (non-hydrogen) atoms. The van der Waals surface area contributed by atoms with Gasteiger partial charge in [0.25, 0.3) is 0 Å². The Hall–Kier alpha value is -2.68. The first-order chi connectivity index (χ1) is 10.4. The van der Waals surface area contributed by atoms with Gasteiger partial charge in [0, 0.05) is 17.0 Å². The molecule has 2 rings (SSSR count). The zero-order chi connectivity index (χ0) is 16.3. The lowest BCUT2D eigenvalue weighted by molar-refractivity contribution is -0.394. The van der Waals surface area contributed by atoms with Crippen LogP contribution in [0.15, 0.2) is 18.2 Å². The number of hydrogen-bond donors (Lipinski definition) is 1. The summed E-state index contributed by atoms with van der Waals surface area (Å²) in [5, 5.41) is 17.3. The van der Waals surface area contributed by atoms with Gasteiger partial charge in [0.15, 0.2) is 0 Å². The Labute approximate surface area is 130 Å². The van der Waals surface area contributed by atoms with E-state index in [0.29, 0.717) is 16.5 Å². The maximum absolute atomic E-state index is 12.0. The number of nitro groups is 1. The van der Waals surface area contributed by atoms with E-state index < -0.39 is 16.8 Å². The van der Waals surface area contributed by atoms with Crippen LogP contribution in [0.2, 0.25) is 5.02 Å². The van der Waals surface area contributed by atoms with Gasteiger partial charge < -0.3 is 20.2 Å². The minimum Gasteiger partial charge on any atom is -0.495 e. The monoisotopic (exact) mass is 325 g/mol. The minimum atomic E-state index is -0.721. The van der Waals surface area contributed by atoms with E-state index in [-0.39, 0.29) is 12.4 Å². The van der Waals surface area contributed by atoms with E-state index in [9.17, 15) is 14.9 Å². The number of amides is 1. The molecule has 1 aromatic carbocycles. The smallest absolute Gasteiger partial charge is 0.491 e. The van der Waals surface area contributed by atoms with E-state index in [4.69, 9.17) is 16.3 Å². The lowest BCUT2D eigenvalue weighted by Gasteiger charge is -2.10. The van der Waals surface area contributed by atoms with E-state index in [2.05, 4.69) is 15.4 Å². The molecule has 0 aliphatic rings. The zero-order valence-electron chi connectivity index (χ0n) is 11.7. The van der Waals surface area contributed by atoms with Crippen LogP contribution >= 0.6 is 11.6 Å². The Bertz CT molecular complexity index is 730. The van der Waals surface area contributed by atoms with Crippen molar-refractivity contribution in [3.63, 3.8) is 0 Å². The molecule has 0 fully saturated rings. The summed E-state index contributed by atoms with van der Waals surface area (Å²) in [6.07, 6.45) is 0. The summed E-state index contributed by atoms with van der Waals surface area (Å²) in [5.41, 5.74) is 0.396. The van der Waals surface area contributed by atoms with E-state index in [1.165, 1.54) is 20.1 Å². The van der Waals surface area contributed by atoms with Crippen LogP contribution in [0.3, 0.4) is 0 Å². The number of methoxy groups -OCH3 is 1. The SMILES string of the molecule is COc1ccc(Cl)cc1NC(=O)Cn1nc([N+](=O)[O-])nc1C. The van der Waals surface area contributed by atoms with Gasteiger partial charge >= 0.3 is 5.95 Å². The van der Waals surface area contributed by atoms with Gasteiger partial charge in [-0.1, -0.05) is 11.6 Å². The average Bonchev–Trinajstić information content (AvgIpc) is 2.80. The van der Waals surface area contributed by atoms with Gasteiger partial charge in [0.1, 0.15) is 12.3 Å². The van der Waals surface area contributed by atoms with Gasteiger partial charge in [-0.25, -0.2) is 0 Å². The summed E-state index contributed by atoms with van der Waals surface area (Å²) in [7, 11) is 1.46. The number of hydrogen-bond acceptors (Lipinski definition) is 6. The molecule has 0 aliphatic carbocycles. The molecule has 1 N–H and O–H groups in total. The molecule has 0 unspecified atom stereocenters. The number of nitrogens with one attached hydrogen (secondary N) is 1. The molecule has 116 valence electrons. The fourth-order valence-electron chi connectivity index (χ4n) is 1.74. The molecule has 10 heteroatoms. The molecule has 0 saturated heterocycles. The topological polar surface area (TPSA) is 112 Å². The number of anilines is 1. The quantitative estimate of drug-likeness (QED) is 0.662. The van der Waals surface area contributed by atoms with Crippen molar-refractivity contribution in [2.75, 3.05) is 12.4 Å². The summed E-state index contributed by atoms with van der Waals surface area (Å²) in [6, 6.07) is 4.78. The van der Waals surface area contributed by atoms with Crippen LogP contribution < -0.4 is 10.1 Å². The lowest BCUT2D eigenvalue weighted by Crippen LogP contribution is -2.20. The lowest BCUT2D eigenvalue weighted by atomic mass is 10.3. The Kier molecular flexibility index (Phi) is 4.56. The second kappa shape index (κ2) is 6.39. The predicted molar refractivity (Wildman–Crippen MR) is 78.0 cm³/mol. The van der Waals surface area contributed by atoms with Crippen molar-refractivity contribution in [3.05, 3.63) is 39.2 Å². The van der Waals surface area contributed by atoms with Gasteiger partial charge in [0.05, 0.1) is 12.8 Å².